The highest BCUT2D eigenvalue weighted by atomic mass is 16.6. The number of ether oxygens (including phenoxy) is 2. The molecule has 1 unspecified atom stereocenters. The molecule has 2 aliphatic heterocycles. The zero-order valence-electron chi connectivity index (χ0n) is 22.9. The summed E-state index contributed by atoms with van der Waals surface area (Å²) in [4.78, 5) is 62.5. The van der Waals surface area contributed by atoms with Crippen LogP contribution in [0.1, 0.15) is 105 Å². The minimum absolute atomic E-state index is 0.0703. The summed E-state index contributed by atoms with van der Waals surface area (Å²) >= 11 is 0. The van der Waals surface area contributed by atoms with Crippen LogP contribution in [0.3, 0.4) is 0 Å². The van der Waals surface area contributed by atoms with E-state index in [4.69, 9.17) is 9.47 Å². The SMILES string of the molecule is CCCCCCCCCCCC(=O)OCCOCCNc1cccc2c1C(=O)N(C1CCC(=O)NC1=O)C2=O. The van der Waals surface area contributed by atoms with Gasteiger partial charge in [-0.3, -0.25) is 34.2 Å². The van der Waals surface area contributed by atoms with Gasteiger partial charge in [-0.05, 0) is 25.0 Å². The molecular formula is C29H41N3O7. The first-order valence-corrected chi connectivity index (χ1v) is 14.3. The Labute approximate surface area is 230 Å². The number of carbonyl (C=O) groups is 5. The second-order valence-electron chi connectivity index (χ2n) is 10.0. The molecule has 1 aromatic rings. The lowest BCUT2D eigenvalue weighted by Gasteiger charge is -2.27. The molecule has 0 aliphatic carbocycles. The van der Waals surface area contributed by atoms with Gasteiger partial charge in [0, 0.05) is 25.1 Å². The molecule has 1 fully saturated rings. The standard InChI is InChI=1S/C29H41N3O7/c1-2-3-4-5-6-7-8-9-10-14-25(34)39-20-19-38-18-17-30-22-13-11-12-21-26(22)29(37)32(28(21)36)23-15-16-24(33)31-27(23)35/h11-13,23,30H,2-10,14-20H2,1H3,(H,31,33,35). The Kier molecular flexibility index (Phi) is 12.4. The zero-order valence-corrected chi connectivity index (χ0v) is 22.9. The maximum atomic E-state index is 13.1. The summed E-state index contributed by atoms with van der Waals surface area (Å²) in [5.74, 6) is -2.37. The highest BCUT2D eigenvalue weighted by Gasteiger charge is 2.45. The molecule has 0 spiro atoms. The van der Waals surface area contributed by atoms with Gasteiger partial charge in [0.2, 0.25) is 11.8 Å². The van der Waals surface area contributed by atoms with Gasteiger partial charge in [0.15, 0.2) is 0 Å². The monoisotopic (exact) mass is 543 g/mol. The smallest absolute Gasteiger partial charge is 0.305 e. The van der Waals surface area contributed by atoms with E-state index < -0.39 is 29.7 Å². The van der Waals surface area contributed by atoms with Gasteiger partial charge in [0.1, 0.15) is 12.6 Å². The number of rotatable bonds is 18. The predicted octanol–water partition coefficient (Wildman–Crippen LogP) is 3.98. The first kappa shape index (κ1) is 30.3. The molecule has 39 heavy (non-hydrogen) atoms. The number of nitrogens with zero attached hydrogens (tertiary/aromatic N) is 1. The van der Waals surface area contributed by atoms with Crippen LogP contribution in [-0.2, 0) is 23.9 Å². The number of benzene rings is 1. The molecule has 1 aromatic carbocycles. The lowest BCUT2D eigenvalue weighted by Crippen LogP contribution is -2.54. The maximum Gasteiger partial charge on any atom is 0.305 e. The largest absolute Gasteiger partial charge is 0.463 e. The summed E-state index contributed by atoms with van der Waals surface area (Å²) < 4.78 is 10.7. The average Bonchev–Trinajstić information content (AvgIpc) is 3.17. The first-order valence-electron chi connectivity index (χ1n) is 14.3. The number of carbonyl (C=O) groups excluding carboxylic acids is 5. The number of nitrogens with one attached hydrogen (secondary N) is 2. The Morgan fingerprint density at radius 2 is 1.67 bits per heavy atom. The fourth-order valence-corrected chi connectivity index (χ4v) is 4.89. The topological polar surface area (TPSA) is 131 Å². The third-order valence-corrected chi connectivity index (χ3v) is 7.01. The Balaban J connectivity index is 1.29. The van der Waals surface area contributed by atoms with Crippen molar-refractivity contribution in [3.05, 3.63) is 29.3 Å². The highest BCUT2D eigenvalue weighted by Crippen LogP contribution is 2.32. The summed E-state index contributed by atoms with van der Waals surface area (Å²) in [6.45, 7) is 3.33. The minimum Gasteiger partial charge on any atom is -0.463 e. The van der Waals surface area contributed by atoms with Crippen LogP contribution in [0.5, 0.6) is 0 Å². The van der Waals surface area contributed by atoms with Gasteiger partial charge in [-0.25, -0.2) is 0 Å². The fraction of sp³-hybridized carbons (Fsp3) is 0.621. The molecule has 2 aliphatic rings. The Bertz CT molecular complexity index is 1030. The van der Waals surface area contributed by atoms with Crippen LogP contribution < -0.4 is 10.6 Å². The lowest BCUT2D eigenvalue weighted by atomic mass is 10.0. The number of esters is 1. The van der Waals surface area contributed by atoms with Gasteiger partial charge in [-0.2, -0.15) is 0 Å². The van der Waals surface area contributed by atoms with Crippen LogP contribution in [0.4, 0.5) is 5.69 Å². The van der Waals surface area contributed by atoms with E-state index in [-0.39, 0.29) is 43.2 Å². The van der Waals surface area contributed by atoms with Gasteiger partial charge < -0.3 is 14.8 Å². The molecule has 1 atom stereocenters. The maximum absolute atomic E-state index is 13.1. The Morgan fingerprint density at radius 3 is 2.38 bits per heavy atom. The van der Waals surface area contributed by atoms with Crippen LogP contribution in [0, 0.1) is 0 Å². The number of imide groups is 2. The number of anilines is 1. The summed E-state index contributed by atoms with van der Waals surface area (Å²) in [6.07, 6.45) is 11.4. The van der Waals surface area contributed by atoms with Crippen molar-refractivity contribution in [3.63, 3.8) is 0 Å². The van der Waals surface area contributed by atoms with Crippen molar-refractivity contribution in [2.24, 2.45) is 0 Å². The van der Waals surface area contributed by atoms with Crippen LogP contribution in [0.15, 0.2) is 18.2 Å². The highest BCUT2D eigenvalue weighted by molar-refractivity contribution is 6.25. The Morgan fingerprint density at radius 1 is 0.949 bits per heavy atom. The average molecular weight is 544 g/mol. The fourth-order valence-electron chi connectivity index (χ4n) is 4.89. The van der Waals surface area contributed by atoms with Crippen LogP contribution in [0.2, 0.25) is 0 Å². The van der Waals surface area contributed by atoms with Gasteiger partial charge in [-0.15, -0.1) is 0 Å². The molecule has 214 valence electrons. The number of hydrogen-bond acceptors (Lipinski definition) is 8. The van der Waals surface area contributed by atoms with Gasteiger partial charge in [0.05, 0.1) is 24.3 Å². The summed E-state index contributed by atoms with van der Waals surface area (Å²) in [6, 6.07) is 3.89. The molecule has 0 radical (unpaired) electrons. The van der Waals surface area contributed by atoms with E-state index in [1.54, 1.807) is 18.2 Å². The third kappa shape index (κ3) is 8.88. The van der Waals surface area contributed by atoms with Crippen molar-refractivity contribution < 1.29 is 33.4 Å². The van der Waals surface area contributed by atoms with E-state index in [1.165, 1.54) is 38.5 Å². The van der Waals surface area contributed by atoms with E-state index in [0.29, 0.717) is 25.3 Å². The molecule has 3 rings (SSSR count). The molecule has 10 heteroatoms. The van der Waals surface area contributed by atoms with E-state index in [0.717, 1.165) is 24.2 Å². The molecule has 0 bridgehead atoms. The predicted molar refractivity (Wildman–Crippen MR) is 145 cm³/mol. The Hall–Kier alpha value is -3.27. The van der Waals surface area contributed by atoms with Gasteiger partial charge >= 0.3 is 5.97 Å². The zero-order chi connectivity index (χ0) is 28.0. The van der Waals surface area contributed by atoms with E-state index in [9.17, 15) is 24.0 Å². The summed E-state index contributed by atoms with van der Waals surface area (Å²) in [5.41, 5.74) is 0.892. The number of fused-ring (bicyclic) bond motifs is 1. The normalized spacial score (nSPS) is 16.8. The van der Waals surface area contributed by atoms with Crippen molar-refractivity contribution in [3.8, 4) is 0 Å². The molecular weight excluding hydrogens is 502 g/mol. The molecule has 1 saturated heterocycles. The summed E-state index contributed by atoms with van der Waals surface area (Å²) in [5, 5.41) is 5.30. The van der Waals surface area contributed by atoms with E-state index in [1.807, 2.05) is 0 Å². The first-order chi connectivity index (χ1) is 18.9. The van der Waals surface area contributed by atoms with Crippen LogP contribution in [0.25, 0.3) is 0 Å². The number of hydrogen-bond donors (Lipinski definition) is 2. The van der Waals surface area contributed by atoms with Gasteiger partial charge in [0.25, 0.3) is 11.8 Å². The molecule has 2 N–H and O–H groups in total. The quantitative estimate of drug-likeness (QED) is 0.162. The lowest BCUT2D eigenvalue weighted by molar-refractivity contribution is -0.145. The summed E-state index contributed by atoms with van der Waals surface area (Å²) in [7, 11) is 0. The molecule has 10 nitrogen and oxygen atoms in total. The second kappa shape index (κ2) is 16.0. The van der Waals surface area contributed by atoms with E-state index in [2.05, 4.69) is 17.6 Å². The third-order valence-electron chi connectivity index (χ3n) is 7.01. The number of piperidine rings is 1. The van der Waals surface area contributed by atoms with E-state index >= 15 is 0 Å². The molecule has 4 amide bonds. The van der Waals surface area contributed by atoms with Crippen molar-refractivity contribution >= 4 is 35.3 Å². The van der Waals surface area contributed by atoms with Crippen molar-refractivity contribution in [1.82, 2.24) is 10.2 Å². The number of unbranched alkanes of at least 4 members (excludes halogenated alkanes) is 8. The number of amides is 4. The van der Waals surface area contributed by atoms with Crippen LogP contribution in [-0.4, -0.2) is 66.9 Å². The van der Waals surface area contributed by atoms with Gasteiger partial charge in [-0.1, -0.05) is 64.4 Å². The molecule has 2 heterocycles. The van der Waals surface area contributed by atoms with Crippen molar-refractivity contribution in [1.29, 1.82) is 0 Å². The van der Waals surface area contributed by atoms with Crippen molar-refractivity contribution in [2.75, 3.05) is 31.7 Å². The molecule has 0 aromatic heterocycles. The molecule has 0 saturated carbocycles. The van der Waals surface area contributed by atoms with Crippen LogP contribution >= 0.6 is 0 Å². The second-order valence-corrected chi connectivity index (χ2v) is 10.0. The minimum atomic E-state index is -1.01. The van der Waals surface area contributed by atoms with Crippen molar-refractivity contribution in [2.45, 2.75) is 90.0 Å².